The van der Waals surface area contributed by atoms with Crippen LogP contribution >= 0.6 is 0 Å². The van der Waals surface area contributed by atoms with E-state index in [1.807, 2.05) is 0 Å². The van der Waals surface area contributed by atoms with Crippen LogP contribution in [-0.2, 0) is 19.6 Å². The molecule has 1 aliphatic heterocycles. The number of anilines is 1. The molecule has 1 aromatic carbocycles. The van der Waals surface area contributed by atoms with Gasteiger partial charge in [0.05, 0.1) is 12.5 Å². The van der Waals surface area contributed by atoms with Crippen molar-refractivity contribution in [2.75, 3.05) is 25.0 Å². The Morgan fingerprint density at radius 1 is 1.22 bits per heavy atom. The normalized spacial score (nSPS) is 17.2. The highest BCUT2D eigenvalue weighted by molar-refractivity contribution is 7.89. The lowest BCUT2D eigenvalue weighted by Crippen LogP contribution is -2.44. The fraction of sp³-hybridized carbons (Fsp3) is 0.429. The molecule has 0 spiro atoms. The molecule has 11 heteroatoms. The number of carbonyl (C=O) groups excluding carboxylic acids is 2. The van der Waals surface area contributed by atoms with Crippen LogP contribution in [0.1, 0.15) is 41.5 Å². The van der Waals surface area contributed by atoms with Gasteiger partial charge in [0.15, 0.2) is 11.6 Å². The number of hydrogen-bond donors (Lipinski definition) is 2. The lowest BCUT2D eigenvalue weighted by molar-refractivity contribution is -0.120. The zero-order valence-corrected chi connectivity index (χ0v) is 18.8. The number of aromatic amines is 1. The lowest BCUT2D eigenvalue weighted by atomic mass is 9.98. The van der Waals surface area contributed by atoms with Gasteiger partial charge in [-0.2, -0.15) is 4.31 Å². The molecule has 2 heterocycles. The van der Waals surface area contributed by atoms with Crippen molar-refractivity contribution in [2.45, 2.75) is 38.5 Å². The highest BCUT2D eigenvalue weighted by Gasteiger charge is 2.38. The van der Waals surface area contributed by atoms with Crippen molar-refractivity contribution in [3.63, 3.8) is 0 Å². The van der Waals surface area contributed by atoms with Crippen LogP contribution in [-0.4, -0.2) is 49.3 Å². The van der Waals surface area contributed by atoms with Gasteiger partial charge >= 0.3 is 5.97 Å². The number of amides is 1. The summed E-state index contributed by atoms with van der Waals surface area (Å²) in [5, 5.41) is 2.51. The van der Waals surface area contributed by atoms with Gasteiger partial charge in [0.1, 0.15) is 10.5 Å². The largest absolute Gasteiger partial charge is 0.462 e. The Balaban J connectivity index is 1.83. The van der Waals surface area contributed by atoms with E-state index in [0.717, 1.165) is 12.1 Å². The van der Waals surface area contributed by atoms with E-state index in [2.05, 4.69) is 10.3 Å². The first-order valence-electron chi connectivity index (χ1n) is 10.2. The number of benzene rings is 1. The average molecular weight is 470 g/mol. The molecule has 0 saturated carbocycles. The molecule has 0 aliphatic carbocycles. The molecule has 0 unspecified atom stereocenters. The predicted molar refractivity (Wildman–Crippen MR) is 113 cm³/mol. The maximum atomic E-state index is 13.4. The first-order chi connectivity index (χ1) is 15.1. The highest BCUT2D eigenvalue weighted by atomic mass is 32.2. The molecule has 2 N–H and O–H groups in total. The van der Waals surface area contributed by atoms with Crippen molar-refractivity contribution in [3.05, 3.63) is 46.8 Å². The van der Waals surface area contributed by atoms with E-state index in [9.17, 15) is 26.8 Å². The summed E-state index contributed by atoms with van der Waals surface area (Å²) < 4.78 is 59.6. The molecule has 1 atom stereocenters. The summed E-state index contributed by atoms with van der Waals surface area (Å²) in [7, 11) is -4.11. The molecular formula is C21H25F2N3O5S. The zero-order valence-electron chi connectivity index (χ0n) is 18.0. The van der Waals surface area contributed by atoms with Crippen molar-refractivity contribution in [2.24, 2.45) is 5.92 Å². The molecule has 1 saturated heterocycles. The molecule has 0 bridgehead atoms. The van der Waals surface area contributed by atoms with Crippen LogP contribution in [0, 0.1) is 31.4 Å². The number of aromatic nitrogens is 1. The van der Waals surface area contributed by atoms with Crippen molar-refractivity contribution >= 4 is 27.6 Å². The van der Waals surface area contributed by atoms with Gasteiger partial charge < -0.3 is 15.0 Å². The fourth-order valence-electron chi connectivity index (χ4n) is 3.85. The maximum absolute atomic E-state index is 13.4. The molecule has 1 amide bonds. The van der Waals surface area contributed by atoms with Gasteiger partial charge in [-0.15, -0.1) is 0 Å². The van der Waals surface area contributed by atoms with Crippen molar-refractivity contribution in [3.8, 4) is 0 Å². The summed E-state index contributed by atoms with van der Waals surface area (Å²) in [6, 6.07) is 2.99. The van der Waals surface area contributed by atoms with Crippen LogP contribution in [0.3, 0.4) is 0 Å². The summed E-state index contributed by atoms with van der Waals surface area (Å²) in [6.45, 7) is 4.94. The standard InChI is InChI=1S/C21H25F2N3O5S/c1-4-31-21(28)18-12(2)24-13(3)19(18)32(29,30)26-9-5-6-14(11-26)20(27)25-15-7-8-16(22)17(23)10-15/h7-8,10,14,24H,4-6,9,11H2,1-3H3,(H,25,27)/t14-/m0/s1. The Labute approximate surface area is 185 Å². The smallest absolute Gasteiger partial charge is 0.341 e. The number of rotatable bonds is 6. The number of nitrogens with zero attached hydrogens (tertiary/aromatic N) is 1. The number of hydrogen-bond acceptors (Lipinski definition) is 5. The van der Waals surface area contributed by atoms with Crippen molar-refractivity contribution in [1.29, 1.82) is 0 Å². The minimum atomic E-state index is -4.11. The lowest BCUT2D eigenvalue weighted by Gasteiger charge is -2.31. The quantitative estimate of drug-likeness (QED) is 0.632. The van der Waals surface area contributed by atoms with Crippen LogP contribution in [0.15, 0.2) is 23.1 Å². The van der Waals surface area contributed by atoms with E-state index < -0.39 is 39.5 Å². The second-order valence-corrected chi connectivity index (χ2v) is 9.49. The first-order valence-corrected chi connectivity index (χ1v) is 11.6. The third kappa shape index (κ3) is 4.68. The number of sulfonamides is 1. The fourth-order valence-corrected chi connectivity index (χ4v) is 5.79. The van der Waals surface area contributed by atoms with Gasteiger partial charge in [0.25, 0.3) is 0 Å². The van der Waals surface area contributed by atoms with Gasteiger partial charge in [-0.05, 0) is 45.7 Å². The van der Waals surface area contributed by atoms with Crippen LogP contribution in [0.25, 0.3) is 0 Å². The van der Waals surface area contributed by atoms with Crippen molar-refractivity contribution in [1.82, 2.24) is 9.29 Å². The number of piperidine rings is 1. The topological polar surface area (TPSA) is 109 Å². The maximum Gasteiger partial charge on any atom is 0.341 e. The summed E-state index contributed by atoms with van der Waals surface area (Å²) in [5.41, 5.74) is 0.719. The number of halogens is 2. The van der Waals surface area contributed by atoms with Crippen molar-refractivity contribution < 1.29 is 31.5 Å². The van der Waals surface area contributed by atoms with Crippen LogP contribution in [0.5, 0.6) is 0 Å². The predicted octanol–water partition coefficient (Wildman–Crippen LogP) is 3.13. The summed E-state index contributed by atoms with van der Waals surface area (Å²) in [6.07, 6.45) is 0.851. The van der Waals surface area contributed by atoms with Gasteiger partial charge in [0.2, 0.25) is 15.9 Å². The molecule has 1 aliphatic rings. The SMILES string of the molecule is CCOC(=O)c1c(C)[nH]c(C)c1S(=O)(=O)N1CCC[C@H](C(=O)Nc2ccc(F)c(F)c2)C1. The van der Waals surface area contributed by atoms with Crippen LogP contribution in [0.2, 0.25) is 0 Å². The summed E-state index contributed by atoms with van der Waals surface area (Å²) in [4.78, 5) is 27.8. The average Bonchev–Trinajstić information content (AvgIpc) is 3.05. The number of carbonyl (C=O) groups is 2. The Bertz CT molecular complexity index is 1150. The second-order valence-electron chi connectivity index (χ2n) is 7.62. The third-order valence-corrected chi connectivity index (χ3v) is 7.37. The Hall–Kier alpha value is -2.79. The molecule has 2 aromatic rings. The minimum Gasteiger partial charge on any atom is -0.462 e. The first kappa shape index (κ1) is 23.9. The summed E-state index contributed by atoms with van der Waals surface area (Å²) in [5.74, 6) is -4.06. The van der Waals surface area contributed by atoms with Gasteiger partial charge in [-0.3, -0.25) is 4.79 Å². The number of esters is 1. The van der Waals surface area contributed by atoms with E-state index in [1.165, 1.54) is 10.4 Å². The number of ether oxygens (including phenoxy) is 1. The zero-order chi connectivity index (χ0) is 23.6. The molecule has 1 aromatic heterocycles. The van der Waals surface area contributed by atoms with Gasteiger partial charge in [-0.1, -0.05) is 0 Å². The van der Waals surface area contributed by atoms with E-state index in [-0.39, 0.29) is 35.8 Å². The molecule has 8 nitrogen and oxygen atoms in total. The van der Waals surface area contributed by atoms with Gasteiger partial charge in [-0.25, -0.2) is 22.0 Å². The second kappa shape index (κ2) is 9.37. The number of aryl methyl sites for hydroxylation is 2. The van der Waals surface area contributed by atoms with E-state index in [1.54, 1.807) is 20.8 Å². The van der Waals surface area contributed by atoms with Gasteiger partial charge in [0, 0.05) is 36.2 Å². The molecule has 174 valence electrons. The summed E-state index contributed by atoms with van der Waals surface area (Å²) >= 11 is 0. The number of H-pyrrole nitrogens is 1. The molecule has 0 radical (unpaired) electrons. The Morgan fingerprint density at radius 2 is 1.94 bits per heavy atom. The molecule has 3 rings (SSSR count). The highest BCUT2D eigenvalue weighted by Crippen LogP contribution is 2.31. The number of nitrogens with one attached hydrogen (secondary N) is 2. The van der Waals surface area contributed by atoms with E-state index in [4.69, 9.17) is 4.74 Å². The van der Waals surface area contributed by atoms with Crippen LogP contribution < -0.4 is 5.32 Å². The third-order valence-electron chi connectivity index (χ3n) is 5.34. The van der Waals surface area contributed by atoms with E-state index >= 15 is 0 Å². The molecule has 32 heavy (non-hydrogen) atoms. The molecular weight excluding hydrogens is 444 g/mol. The van der Waals surface area contributed by atoms with E-state index in [0.29, 0.717) is 24.2 Å². The molecule has 1 fully saturated rings. The Kier molecular flexibility index (Phi) is 6.99. The Morgan fingerprint density at radius 3 is 2.59 bits per heavy atom. The van der Waals surface area contributed by atoms with Crippen LogP contribution in [0.4, 0.5) is 14.5 Å². The monoisotopic (exact) mass is 469 g/mol. The minimum absolute atomic E-state index is 0.0438.